The van der Waals surface area contributed by atoms with Gasteiger partial charge in [0.1, 0.15) is 11.0 Å². The van der Waals surface area contributed by atoms with E-state index in [1.54, 1.807) is 23.7 Å². The van der Waals surface area contributed by atoms with Crippen LogP contribution in [0, 0.1) is 18.7 Å². The zero-order valence-electron chi connectivity index (χ0n) is 13.1. The molecule has 1 aromatic carbocycles. The lowest BCUT2D eigenvalue weighted by Gasteiger charge is -2.12. The van der Waals surface area contributed by atoms with Crippen LogP contribution in [-0.4, -0.2) is 21.7 Å². The first-order valence-electron chi connectivity index (χ1n) is 7.74. The van der Waals surface area contributed by atoms with Crippen LogP contribution in [0.2, 0.25) is 5.15 Å². The van der Waals surface area contributed by atoms with Crippen molar-refractivity contribution >= 4 is 17.5 Å². The van der Waals surface area contributed by atoms with Crippen LogP contribution in [0.5, 0.6) is 0 Å². The number of nitrogens with one attached hydrogen (secondary N) is 1. The first-order valence-corrected chi connectivity index (χ1v) is 8.11. The summed E-state index contributed by atoms with van der Waals surface area (Å²) in [6.45, 7) is 4.18. The van der Waals surface area contributed by atoms with Crippen LogP contribution in [0.1, 0.15) is 41.4 Å². The average molecular weight is 336 g/mol. The minimum absolute atomic E-state index is 0.151. The summed E-state index contributed by atoms with van der Waals surface area (Å²) < 4.78 is 14.5. The number of hydrogen-bond donors (Lipinski definition) is 1. The topological polar surface area (TPSA) is 46.9 Å². The fraction of sp³-hybridized carbons (Fsp3) is 0.412. The Balaban J connectivity index is 1.78. The molecule has 1 heterocycles. The van der Waals surface area contributed by atoms with Gasteiger partial charge in [-0.3, -0.25) is 4.79 Å². The molecule has 122 valence electrons. The fourth-order valence-electron chi connectivity index (χ4n) is 2.67. The summed E-state index contributed by atoms with van der Waals surface area (Å²) in [4.78, 5) is 12.4. The Hall–Kier alpha value is -1.88. The van der Waals surface area contributed by atoms with E-state index in [2.05, 4.69) is 10.4 Å². The highest BCUT2D eigenvalue weighted by molar-refractivity contribution is 6.33. The maximum atomic E-state index is 13.0. The van der Waals surface area contributed by atoms with Crippen LogP contribution >= 0.6 is 11.6 Å². The highest BCUT2D eigenvalue weighted by atomic mass is 35.5. The van der Waals surface area contributed by atoms with Crippen LogP contribution in [0.3, 0.4) is 0 Å². The van der Waals surface area contributed by atoms with Crippen molar-refractivity contribution < 1.29 is 9.18 Å². The van der Waals surface area contributed by atoms with Crippen LogP contribution in [0.4, 0.5) is 4.39 Å². The number of hydrogen-bond acceptors (Lipinski definition) is 2. The molecule has 0 radical (unpaired) electrons. The molecule has 0 aliphatic heterocycles. The largest absolute Gasteiger partial charge is 0.349 e. The predicted octanol–water partition coefficient (Wildman–Crippen LogP) is 3.56. The Morgan fingerprint density at radius 1 is 1.43 bits per heavy atom. The zero-order chi connectivity index (χ0) is 16.6. The summed E-state index contributed by atoms with van der Waals surface area (Å²) in [6.07, 6.45) is 2.33. The number of aromatic nitrogens is 2. The summed E-state index contributed by atoms with van der Waals surface area (Å²) in [6, 6.07) is 6.29. The van der Waals surface area contributed by atoms with Gasteiger partial charge in [-0.25, -0.2) is 9.07 Å². The van der Waals surface area contributed by atoms with Gasteiger partial charge >= 0.3 is 0 Å². The Labute approximate surface area is 139 Å². The van der Waals surface area contributed by atoms with E-state index in [9.17, 15) is 9.18 Å². The van der Waals surface area contributed by atoms with Gasteiger partial charge in [-0.05, 0) is 50.3 Å². The van der Waals surface area contributed by atoms with E-state index in [-0.39, 0.29) is 17.8 Å². The predicted molar refractivity (Wildman–Crippen MR) is 87.1 cm³/mol. The van der Waals surface area contributed by atoms with Gasteiger partial charge in [-0.1, -0.05) is 23.7 Å². The highest BCUT2D eigenvalue weighted by Crippen LogP contribution is 2.32. The minimum Gasteiger partial charge on any atom is -0.349 e. The average Bonchev–Trinajstić information content (AvgIpc) is 3.29. The third kappa shape index (κ3) is 3.55. The zero-order valence-corrected chi connectivity index (χ0v) is 13.9. The number of amides is 1. The van der Waals surface area contributed by atoms with Crippen LogP contribution in [0.25, 0.3) is 0 Å². The maximum absolute atomic E-state index is 13.0. The molecule has 1 aliphatic rings. The molecule has 6 heteroatoms. The Bertz CT molecular complexity index is 722. The molecule has 0 bridgehead atoms. The molecular weight excluding hydrogens is 317 g/mol. The SMILES string of the molecule is Cc1nn(Cc2ccc(F)cc2)c(Cl)c1C(=O)NC(C)C1CC1. The molecule has 23 heavy (non-hydrogen) atoms. The summed E-state index contributed by atoms with van der Waals surface area (Å²) >= 11 is 6.35. The third-order valence-corrected chi connectivity index (χ3v) is 4.61. The first-order chi connectivity index (χ1) is 11.0. The highest BCUT2D eigenvalue weighted by Gasteiger charge is 2.30. The third-order valence-electron chi connectivity index (χ3n) is 4.23. The summed E-state index contributed by atoms with van der Waals surface area (Å²) in [5.41, 5.74) is 1.88. The van der Waals surface area contributed by atoms with Crippen LogP contribution in [0.15, 0.2) is 24.3 Å². The molecule has 1 N–H and O–H groups in total. The molecule has 1 aliphatic carbocycles. The molecule has 0 saturated heterocycles. The molecule has 3 rings (SSSR count). The molecule has 4 nitrogen and oxygen atoms in total. The second kappa shape index (κ2) is 6.32. The van der Waals surface area contributed by atoms with Crippen molar-refractivity contribution in [3.63, 3.8) is 0 Å². The van der Waals surface area contributed by atoms with E-state index in [1.807, 2.05) is 6.92 Å². The van der Waals surface area contributed by atoms with Crippen molar-refractivity contribution in [2.24, 2.45) is 5.92 Å². The molecule has 1 aromatic heterocycles. The number of carbonyl (C=O) groups is 1. The maximum Gasteiger partial charge on any atom is 0.256 e. The lowest BCUT2D eigenvalue weighted by Crippen LogP contribution is -2.34. The van der Waals surface area contributed by atoms with E-state index in [1.165, 1.54) is 12.1 Å². The van der Waals surface area contributed by atoms with Crippen molar-refractivity contribution in [1.29, 1.82) is 0 Å². The standard InChI is InChI=1S/C17H19ClFN3O/c1-10(13-5-6-13)20-17(23)15-11(2)21-22(16(15)18)9-12-3-7-14(19)8-4-12/h3-4,7-8,10,13H,5-6,9H2,1-2H3,(H,20,23). The smallest absolute Gasteiger partial charge is 0.256 e. The number of halogens is 2. The van der Waals surface area contributed by atoms with Crippen LogP contribution < -0.4 is 5.32 Å². The van der Waals surface area contributed by atoms with Crippen molar-refractivity contribution in [1.82, 2.24) is 15.1 Å². The molecule has 1 unspecified atom stereocenters. The minimum atomic E-state index is -0.286. The first kappa shape index (κ1) is 16.0. The van der Waals surface area contributed by atoms with Gasteiger partial charge in [-0.2, -0.15) is 5.10 Å². The Morgan fingerprint density at radius 2 is 2.09 bits per heavy atom. The van der Waals surface area contributed by atoms with Crippen molar-refractivity contribution in [2.75, 3.05) is 0 Å². The van der Waals surface area contributed by atoms with E-state index >= 15 is 0 Å². The number of carbonyl (C=O) groups excluding carboxylic acids is 1. The lowest BCUT2D eigenvalue weighted by molar-refractivity contribution is 0.0935. The van der Waals surface area contributed by atoms with Gasteiger partial charge in [0.25, 0.3) is 5.91 Å². The summed E-state index contributed by atoms with van der Waals surface area (Å²) in [5, 5.41) is 7.66. The Kier molecular flexibility index (Phi) is 4.39. The molecule has 2 aromatic rings. The monoisotopic (exact) mass is 335 g/mol. The van der Waals surface area contributed by atoms with Gasteiger partial charge in [0, 0.05) is 6.04 Å². The number of nitrogens with zero attached hydrogens (tertiary/aromatic N) is 2. The molecule has 1 saturated carbocycles. The van der Waals surface area contributed by atoms with E-state index in [0.29, 0.717) is 28.9 Å². The van der Waals surface area contributed by atoms with Gasteiger partial charge in [0.15, 0.2) is 0 Å². The van der Waals surface area contributed by atoms with Gasteiger partial charge < -0.3 is 5.32 Å². The second-order valence-corrected chi connectivity index (χ2v) is 6.49. The lowest BCUT2D eigenvalue weighted by atomic mass is 10.2. The number of aryl methyl sites for hydroxylation is 1. The number of benzene rings is 1. The quantitative estimate of drug-likeness (QED) is 0.908. The van der Waals surface area contributed by atoms with E-state index in [4.69, 9.17) is 11.6 Å². The second-order valence-electron chi connectivity index (χ2n) is 6.13. The molecule has 1 amide bonds. The molecule has 1 atom stereocenters. The van der Waals surface area contributed by atoms with Crippen LogP contribution in [-0.2, 0) is 6.54 Å². The summed E-state index contributed by atoms with van der Waals surface area (Å²) in [7, 11) is 0. The van der Waals surface area contributed by atoms with Crippen molar-refractivity contribution in [3.05, 3.63) is 52.1 Å². The molecule has 1 fully saturated rings. The number of rotatable bonds is 5. The summed E-state index contributed by atoms with van der Waals surface area (Å²) in [5.74, 6) is 0.107. The van der Waals surface area contributed by atoms with E-state index < -0.39 is 0 Å². The van der Waals surface area contributed by atoms with Gasteiger partial charge in [-0.15, -0.1) is 0 Å². The van der Waals surface area contributed by atoms with Crippen molar-refractivity contribution in [3.8, 4) is 0 Å². The van der Waals surface area contributed by atoms with Gasteiger partial charge in [0.05, 0.1) is 17.8 Å². The van der Waals surface area contributed by atoms with Crippen molar-refractivity contribution in [2.45, 2.75) is 39.3 Å². The normalized spacial score (nSPS) is 15.5. The fourth-order valence-corrected chi connectivity index (χ4v) is 2.99. The molecular formula is C17H19ClFN3O. The van der Waals surface area contributed by atoms with E-state index in [0.717, 1.165) is 18.4 Å². The van der Waals surface area contributed by atoms with Gasteiger partial charge in [0.2, 0.25) is 0 Å². The Morgan fingerprint density at radius 3 is 2.70 bits per heavy atom. The molecule has 0 spiro atoms.